The molecule has 0 radical (unpaired) electrons. The number of fused-ring (bicyclic) bond motifs is 2. The van der Waals surface area contributed by atoms with E-state index in [0.29, 0.717) is 23.5 Å². The first-order valence-electron chi connectivity index (χ1n) is 10.8. The first-order valence-corrected chi connectivity index (χ1v) is 12.1. The fourth-order valence-electron chi connectivity index (χ4n) is 4.89. The quantitative estimate of drug-likeness (QED) is 0.553. The van der Waals surface area contributed by atoms with Crippen molar-refractivity contribution in [2.45, 2.75) is 102 Å². The second-order valence-electron chi connectivity index (χ2n) is 9.57. The molecule has 2 aliphatic heterocycles. The molecule has 2 heterocycles. The summed E-state index contributed by atoms with van der Waals surface area (Å²) in [4.78, 5) is 13.8. The van der Waals surface area contributed by atoms with E-state index in [4.69, 9.17) is 0 Å². The van der Waals surface area contributed by atoms with Gasteiger partial charge in [-0.1, -0.05) is 60.1 Å². The fourth-order valence-corrected chi connectivity index (χ4v) is 7.08. The Balaban J connectivity index is 2.04. The molecule has 2 unspecified atom stereocenters. The molecule has 0 spiro atoms. The number of benzene rings is 1. The van der Waals surface area contributed by atoms with Gasteiger partial charge in [0.2, 0.25) is 0 Å². The minimum atomic E-state index is -0.720. The first kappa shape index (κ1) is 20.8. The zero-order valence-electron chi connectivity index (χ0n) is 17.9. The lowest BCUT2D eigenvalue weighted by molar-refractivity contribution is 0.0892. The van der Waals surface area contributed by atoms with E-state index in [1.165, 1.54) is 23.1 Å². The van der Waals surface area contributed by atoms with Gasteiger partial charge in [0.05, 0.1) is 0 Å². The number of carbonyl (C=O) groups is 1. The summed E-state index contributed by atoms with van der Waals surface area (Å²) in [5.41, 5.74) is 4.75. The molecule has 3 rings (SSSR count). The van der Waals surface area contributed by atoms with Crippen molar-refractivity contribution in [1.82, 2.24) is 0 Å². The lowest BCUT2D eigenvalue weighted by Crippen LogP contribution is -2.41. The second kappa shape index (κ2) is 8.19. The number of ketones is 1. The number of rotatable bonds is 5. The first-order chi connectivity index (χ1) is 12.7. The molecule has 0 saturated carbocycles. The van der Waals surface area contributed by atoms with Crippen LogP contribution in [0.4, 0.5) is 0 Å². The van der Waals surface area contributed by atoms with Crippen molar-refractivity contribution in [2.24, 2.45) is 5.92 Å². The third-order valence-electron chi connectivity index (χ3n) is 6.55. The lowest BCUT2D eigenvalue weighted by atomic mass is 9.77. The molecule has 150 valence electrons. The van der Waals surface area contributed by atoms with Gasteiger partial charge in [-0.25, -0.2) is 0 Å². The highest BCUT2D eigenvalue weighted by Gasteiger charge is 2.41. The summed E-state index contributed by atoms with van der Waals surface area (Å²) < 4.78 is 12.6. The number of hydrogen-bond acceptors (Lipinski definition) is 2. The van der Waals surface area contributed by atoms with Crippen LogP contribution in [0, 0.1) is 5.92 Å². The molecule has 2 atom stereocenters. The second-order valence-corrected chi connectivity index (χ2v) is 11.6. The maximum atomic E-state index is 13.8. The van der Waals surface area contributed by atoms with Crippen LogP contribution in [0.25, 0.3) is 0 Å². The Bertz CT molecular complexity index is 687. The SMILES string of the molecule is CC(C)c1cc(C(C)C)c(C(=O)C2CC3CCCC(C2)S3=O)c(C(C)C)c1. The van der Waals surface area contributed by atoms with Crippen LogP contribution in [0.5, 0.6) is 0 Å². The van der Waals surface area contributed by atoms with Crippen LogP contribution in [0.15, 0.2) is 12.1 Å². The molecule has 1 aromatic rings. The summed E-state index contributed by atoms with van der Waals surface area (Å²) in [6, 6.07) is 4.55. The molecule has 0 N–H and O–H groups in total. The highest BCUT2D eigenvalue weighted by atomic mass is 32.2. The Labute approximate surface area is 168 Å². The van der Waals surface area contributed by atoms with E-state index >= 15 is 0 Å². The largest absolute Gasteiger partial charge is 0.294 e. The average molecular weight is 389 g/mol. The minimum absolute atomic E-state index is 0.0536. The number of Topliss-reactive ketones (excluding diaryl/α,β-unsaturated/α-hetero) is 1. The summed E-state index contributed by atoms with van der Waals surface area (Å²) >= 11 is 0. The summed E-state index contributed by atoms with van der Waals surface area (Å²) in [6.45, 7) is 13.2. The maximum absolute atomic E-state index is 13.8. The lowest BCUT2D eigenvalue weighted by Gasteiger charge is -2.38. The molecule has 1 aromatic carbocycles. The Kier molecular flexibility index (Phi) is 6.30. The van der Waals surface area contributed by atoms with Crippen molar-refractivity contribution >= 4 is 16.6 Å². The molecule has 2 nitrogen and oxygen atoms in total. The standard InChI is InChI=1S/C24H36O2S/c1-14(2)17-12-21(15(3)4)23(22(13-17)16(5)6)24(25)18-10-19-8-7-9-20(11-18)27(19)26/h12-16,18-20H,7-11H2,1-6H3. The summed E-state index contributed by atoms with van der Waals surface area (Å²) in [7, 11) is -0.720. The Morgan fingerprint density at radius 2 is 1.37 bits per heavy atom. The fraction of sp³-hybridized carbons (Fsp3) is 0.708. The van der Waals surface area contributed by atoms with Gasteiger partial charge in [0, 0.05) is 32.8 Å². The van der Waals surface area contributed by atoms with E-state index in [2.05, 4.69) is 53.7 Å². The Hall–Kier alpha value is -0.960. The van der Waals surface area contributed by atoms with E-state index in [9.17, 15) is 9.00 Å². The Morgan fingerprint density at radius 3 is 1.78 bits per heavy atom. The Morgan fingerprint density at radius 1 is 0.889 bits per heavy atom. The van der Waals surface area contributed by atoms with Gasteiger partial charge in [-0.05, 0) is 60.1 Å². The predicted molar refractivity (Wildman–Crippen MR) is 115 cm³/mol. The summed E-state index contributed by atoms with van der Waals surface area (Å²) in [5, 5.41) is 0.484. The molecule has 2 fully saturated rings. The molecule has 0 aliphatic carbocycles. The van der Waals surface area contributed by atoms with Gasteiger partial charge in [0.15, 0.2) is 5.78 Å². The highest BCUT2D eigenvalue weighted by molar-refractivity contribution is 7.86. The van der Waals surface area contributed by atoms with Crippen molar-refractivity contribution in [3.63, 3.8) is 0 Å². The smallest absolute Gasteiger partial charge is 0.166 e. The van der Waals surface area contributed by atoms with Crippen LogP contribution in [-0.2, 0) is 10.8 Å². The van der Waals surface area contributed by atoms with Gasteiger partial charge in [-0.2, -0.15) is 0 Å². The molecule has 3 heteroatoms. The van der Waals surface area contributed by atoms with E-state index < -0.39 is 10.8 Å². The van der Waals surface area contributed by atoms with Crippen molar-refractivity contribution in [3.8, 4) is 0 Å². The van der Waals surface area contributed by atoms with Crippen LogP contribution in [-0.4, -0.2) is 20.5 Å². The third-order valence-corrected chi connectivity index (χ3v) is 8.72. The van der Waals surface area contributed by atoms with Crippen LogP contribution < -0.4 is 0 Å². The van der Waals surface area contributed by atoms with Gasteiger partial charge >= 0.3 is 0 Å². The molecule has 0 amide bonds. The normalized spacial score (nSPS) is 28.2. The maximum Gasteiger partial charge on any atom is 0.166 e. The summed E-state index contributed by atoms with van der Waals surface area (Å²) in [6.07, 6.45) is 4.89. The van der Waals surface area contributed by atoms with Gasteiger partial charge in [0.1, 0.15) is 0 Å². The van der Waals surface area contributed by atoms with Gasteiger partial charge in [-0.3, -0.25) is 9.00 Å². The van der Waals surface area contributed by atoms with E-state index in [1.54, 1.807) is 0 Å². The minimum Gasteiger partial charge on any atom is -0.294 e. The monoisotopic (exact) mass is 388 g/mol. The van der Waals surface area contributed by atoms with Crippen molar-refractivity contribution in [1.29, 1.82) is 0 Å². The van der Waals surface area contributed by atoms with Gasteiger partial charge in [0.25, 0.3) is 0 Å². The topological polar surface area (TPSA) is 34.1 Å². The molecular formula is C24H36O2S. The zero-order valence-corrected chi connectivity index (χ0v) is 18.7. The van der Waals surface area contributed by atoms with Crippen molar-refractivity contribution in [3.05, 3.63) is 34.4 Å². The molecule has 2 aliphatic rings. The third kappa shape index (κ3) is 4.09. The van der Waals surface area contributed by atoms with Crippen molar-refractivity contribution in [2.75, 3.05) is 0 Å². The molecule has 27 heavy (non-hydrogen) atoms. The molecule has 2 bridgehead atoms. The van der Waals surface area contributed by atoms with E-state index in [0.717, 1.165) is 31.2 Å². The average Bonchev–Trinajstić information content (AvgIpc) is 2.59. The van der Waals surface area contributed by atoms with Crippen LogP contribution in [0.2, 0.25) is 0 Å². The molecule has 0 aromatic heterocycles. The van der Waals surface area contributed by atoms with Crippen molar-refractivity contribution < 1.29 is 9.00 Å². The van der Waals surface area contributed by atoms with Gasteiger partial charge < -0.3 is 0 Å². The predicted octanol–water partition coefficient (Wildman–Crippen LogP) is 6.32. The number of hydrogen-bond donors (Lipinski definition) is 0. The van der Waals surface area contributed by atoms with Crippen LogP contribution >= 0.6 is 0 Å². The van der Waals surface area contributed by atoms with E-state index in [-0.39, 0.29) is 16.4 Å². The van der Waals surface area contributed by atoms with E-state index in [1.807, 2.05) is 0 Å². The molecular weight excluding hydrogens is 352 g/mol. The molecule has 2 saturated heterocycles. The zero-order chi connectivity index (χ0) is 19.9. The van der Waals surface area contributed by atoms with Crippen LogP contribution in [0.1, 0.15) is 118 Å². The van der Waals surface area contributed by atoms with Crippen LogP contribution in [0.3, 0.4) is 0 Å². The summed E-state index contributed by atoms with van der Waals surface area (Å²) in [5.74, 6) is 1.50. The highest BCUT2D eigenvalue weighted by Crippen LogP contribution is 2.41. The number of carbonyl (C=O) groups excluding carboxylic acids is 1. The van der Waals surface area contributed by atoms with Gasteiger partial charge in [-0.15, -0.1) is 0 Å².